The van der Waals surface area contributed by atoms with E-state index in [1.54, 1.807) is 6.92 Å². The van der Waals surface area contributed by atoms with Gasteiger partial charge < -0.3 is 9.47 Å². The first-order valence-electron chi connectivity index (χ1n) is 9.08. The Bertz CT molecular complexity index is 640. The minimum atomic E-state index is -4.16. The Morgan fingerprint density at radius 2 is 1.85 bits per heavy atom. The van der Waals surface area contributed by atoms with E-state index in [-0.39, 0.29) is 13.0 Å². The van der Waals surface area contributed by atoms with Gasteiger partial charge >= 0.3 is 11.9 Å². The lowest BCUT2D eigenvalue weighted by Crippen LogP contribution is -2.45. The van der Waals surface area contributed by atoms with Gasteiger partial charge in [-0.2, -0.15) is 8.42 Å². The van der Waals surface area contributed by atoms with Crippen LogP contribution in [0.3, 0.4) is 0 Å². The molecule has 2 bridgehead atoms. The summed E-state index contributed by atoms with van der Waals surface area (Å²) >= 11 is 0. The van der Waals surface area contributed by atoms with Crippen molar-refractivity contribution in [2.75, 3.05) is 12.4 Å². The Morgan fingerprint density at radius 3 is 2.38 bits per heavy atom. The molecule has 0 amide bonds. The normalized spacial score (nSPS) is 28.2. The second kappa shape index (κ2) is 8.52. The van der Waals surface area contributed by atoms with E-state index in [1.807, 2.05) is 0 Å². The Balaban J connectivity index is 1.97. The summed E-state index contributed by atoms with van der Waals surface area (Å²) in [5, 5.41) is 0. The van der Waals surface area contributed by atoms with Crippen molar-refractivity contribution in [2.24, 2.45) is 11.8 Å². The number of esters is 2. The summed E-state index contributed by atoms with van der Waals surface area (Å²) in [7, 11) is -4.16. The lowest BCUT2D eigenvalue weighted by atomic mass is 9.65. The van der Waals surface area contributed by atoms with E-state index in [0.717, 1.165) is 32.1 Å². The van der Waals surface area contributed by atoms with Crippen molar-refractivity contribution in [3.05, 3.63) is 12.2 Å². The van der Waals surface area contributed by atoms with Crippen LogP contribution in [0.25, 0.3) is 0 Å². The molecule has 2 aliphatic rings. The highest BCUT2D eigenvalue weighted by molar-refractivity contribution is 7.85. The van der Waals surface area contributed by atoms with Crippen LogP contribution in [-0.2, 0) is 29.2 Å². The predicted octanol–water partition coefficient (Wildman–Crippen LogP) is 2.66. The van der Waals surface area contributed by atoms with Crippen LogP contribution in [-0.4, -0.2) is 42.9 Å². The van der Waals surface area contributed by atoms with Crippen molar-refractivity contribution in [3.8, 4) is 0 Å². The van der Waals surface area contributed by atoms with Gasteiger partial charge in [-0.1, -0.05) is 25.8 Å². The number of ether oxygens (including phenoxy) is 2. The fraction of sp³-hybridized carbons (Fsp3) is 0.778. The van der Waals surface area contributed by atoms with Gasteiger partial charge in [-0.25, -0.2) is 4.79 Å². The molecule has 2 unspecified atom stereocenters. The van der Waals surface area contributed by atoms with E-state index in [4.69, 9.17) is 14.0 Å². The zero-order valence-electron chi connectivity index (χ0n) is 15.2. The lowest BCUT2D eigenvalue weighted by molar-refractivity contribution is -0.168. The maximum Gasteiger partial charge on any atom is 0.333 e. The molecule has 2 fully saturated rings. The standard InChI is InChI=1S/C18H28O7S/c1-13(2)17(20)25-18(11-14-4-3-5-15(10-14)12-18)7-6-16(19)24-8-9-26(21,22)23/h14-15H,1,3-12H2,2H3,(H,21,22,23). The van der Waals surface area contributed by atoms with Crippen LogP contribution in [0.4, 0.5) is 0 Å². The third kappa shape index (κ3) is 6.39. The van der Waals surface area contributed by atoms with Gasteiger partial charge in [0.2, 0.25) is 0 Å². The summed E-state index contributed by atoms with van der Waals surface area (Å²) in [6.45, 7) is 4.85. The first-order chi connectivity index (χ1) is 12.1. The third-order valence-corrected chi connectivity index (χ3v) is 5.94. The van der Waals surface area contributed by atoms with E-state index in [2.05, 4.69) is 6.58 Å². The van der Waals surface area contributed by atoms with Crippen molar-refractivity contribution in [1.82, 2.24) is 0 Å². The summed E-state index contributed by atoms with van der Waals surface area (Å²) < 4.78 is 40.7. The van der Waals surface area contributed by atoms with E-state index in [1.165, 1.54) is 6.42 Å². The van der Waals surface area contributed by atoms with E-state index in [9.17, 15) is 18.0 Å². The van der Waals surface area contributed by atoms with E-state index < -0.39 is 33.4 Å². The largest absolute Gasteiger partial charge is 0.464 e. The Kier molecular flexibility index (Phi) is 6.85. The summed E-state index contributed by atoms with van der Waals surface area (Å²) in [5.74, 6) is -0.634. The van der Waals surface area contributed by atoms with Gasteiger partial charge in [0.05, 0.1) is 0 Å². The molecular formula is C18H28O7S. The molecule has 0 aromatic rings. The van der Waals surface area contributed by atoms with E-state index >= 15 is 0 Å². The average Bonchev–Trinajstić information content (AvgIpc) is 2.51. The first kappa shape index (κ1) is 20.9. The Morgan fingerprint density at radius 1 is 1.23 bits per heavy atom. The number of carbonyl (C=O) groups is 2. The number of hydrogen-bond acceptors (Lipinski definition) is 6. The highest BCUT2D eigenvalue weighted by atomic mass is 32.2. The molecule has 0 aliphatic heterocycles. The smallest absolute Gasteiger partial charge is 0.333 e. The molecular weight excluding hydrogens is 360 g/mol. The van der Waals surface area contributed by atoms with Crippen molar-refractivity contribution < 1.29 is 32.0 Å². The molecule has 0 saturated heterocycles. The molecule has 2 rings (SSSR count). The SMILES string of the molecule is C=C(C)C(=O)OC1(CCC(=O)OCCS(=O)(=O)O)CC2CCCC(C2)C1. The van der Waals surface area contributed by atoms with Gasteiger partial charge in [-0.15, -0.1) is 0 Å². The summed E-state index contributed by atoms with van der Waals surface area (Å²) in [4.78, 5) is 24.1. The topological polar surface area (TPSA) is 107 Å². The van der Waals surface area contributed by atoms with Gasteiger partial charge in [0, 0.05) is 12.0 Å². The molecule has 2 saturated carbocycles. The summed E-state index contributed by atoms with van der Waals surface area (Å²) in [5.41, 5.74) is -0.359. The molecule has 0 heterocycles. The maximum absolute atomic E-state index is 12.1. The highest BCUT2D eigenvalue weighted by Crippen LogP contribution is 2.48. The van der Waals surface area contributed by atoms with Crippen LogP contribution >= 0.6 is 0 Å². The number of hydrogen-bond donors (Lipinski definition) is 1. The average molecular weight is 388 g/mol. The van der Waals surface area contributed by atoms with Crippen molar-refractivity contribution in [1.29, 1.82) is 0 Å². The van der Waals surface area contributed by atoms with Gasteiger partial charge in [0.25, 0.3) is 10.1 Å². The fourth-order valence-corrected chi connectivity index (χ4v) is 4.49. The van der Waals surface area contributed by atoms with Crippen LogP contribution in [0, 0.1) is 11.8 Å². The van der Waals surface area contributed by atoms with Gasteiger partial charge in [0.1, 0.15) is 18.0 Å². The number of rotatable bonds is 8. The lowest BCUT2D eigenvalue weighted by Gasteiger charge is -2.46. The van der Waals surface area contributed by atoms with Crippen molar-refractivity contribution in [3.63, 3.8) is 0 Å². The van der Waals surface area contributed by atoms with E-state index in [0.29, 0.717) is 23.8 Å². The molecule has 26 heavy (non-hydrogen) atoms. The number of fused-ring (bicyclic) bond motifs is 2. The summed E-state index contributed by atoms with van der Waals surface area (Å²) in [6, 6.07) is 0. The first-order valence-corrected chi connectivity index (χ1v) is 10.7. The van der Waals surface area contributed by atoms with Crippen molar-refractivity contribution >= 4 is 22.1 Å². The minimum Gasteiger partial charge on any atom is -0.464 e. The van der Waals surface area contributed by atoms with Crippen LogP contribution in [0.5, 0.6) is 0 Å². The Hall–Kier alpha value is -1.41. The molecule has 8 heteroatoms. The predicted molar refractivity (Wildman–Crippen MR) is 94.9 cm³/mol. The molecule has 7 nitrogen and oxygen atoms in total. The molecule has 148 valence electrons. The number of carbonyl (C=O) groups excluding carboxylic acids is 2. The molecule has 2 atom stereocenters. The molecule has 1 N–H and O–H groups in total. The van der Waals surface area contributed by atoms with Gasteiger partial charge in [-0.05, 0) is 44.4 Å². The molecule has 0 radical (unpaired) electrons. The van der Waals surface area contributed by atoms with Crippen LogP contribution in [0.2, 0.25) is 0 Å². The molecule has 0 aromatic heterocycles. The van der Waals surface area contributed by atoms with Crippen LogP contribution < -0.4 is 0 Å². The zero-order chi connectivity index (χ0) is 19.4. The van der Waals surface area contributed by atoms with Gasteiger partial charge in [0.15, 0.2) is 0 Å². The second-order valence-electron chi connectivity index (χ2n) is 7.67. The Labute approximate surface area is 154 Å². The monoisotopic (exact) mass is 388 g/mol. The quantitative estimate of drug-likeness (QED) is 0.387. The second-order valence-corrected chi connectivity index (χ2v) is 9.24. The third-order valence-electron chi connectivity index (χ3n) is 5.26. The highest BCUT2D eigenvalue weighted by Gasteiger charge is 2.45. The fourth-order valence-electron chi connectivity index (χ4n) is 4.19. The minimum absolute atomic E-state index is 0.0361. The zero-order valence-corrected chi connectivity index (χ0v) is 16.1. The van der Waals surface area contributed by atoms with Crippen LogP contribution in [0.1, 0.15) is 58.3 Å². The molecule has 2 aliphatic carbocycles. The van der Waals surface area contributed by atoms with Crippen molar-refractivity contribution in [2.45, 2.75) is 63.9 Å². The molecule has 0 aromatic carbocycles. The summed E-state index contributed by atoms with van der Waals surface area (Å²) in [6.07, 6.45) is 6.42. The van der Waals surface area contributed by atoms with Crippen LogP contribution in [0.15, 0.2) is 12.2 Å². The molecule has 0 spiro atoms. The maximum atomic E-state index is 12.1. The van der Waals surface area contributed by atoms with Gasteiger partial charge in [-0.3, -0.25) is 9.35 Å².